The fraction of sp³-hybridized carbons (Fsp3) is 0.556. The summed E-state index contributed by atoms with van der Waals surface area (Å²) < 4.78 is 0. The number of hydrogen-bond donors (Lipinski definition) is 2. The Hall–Kier alpha value is -1.88. The van der Waals surface area contributed by atoms with Crippen molar-refractivity contribution in [1.29, 1.82) is 0 Å². The SMILES string of the molecule is CC(C)(C)NC(=O)C1CCCCN1CC(=O)Nc1ccccc1. The first-order chi connectivity index (χ1) is 10.8. The van der Waals surface area contributed by atoms with Crippen LogP contribution in [0, 0.1) is 0 Å². The molecular weight excluding hydrogens is 290 g/mol. The van der Waals surface area contributed by atoms with Crippen LogP contribution in [0.15, 0.2) is 30.3 Å². The Morgan fingerprint density at radius 2 is 1.87 bits per heavy atom. The van der Waals surface area contributed by atoms with Crippen molar-refractivity contribution in [2.75, 3.05) is 18.4 Å². The van der Waals surface area contributed by atoms with Gasteiger partial charge in [0.05, 0.1) is 12.6 Å². The molecule has 2 N–H and O–H groups in total. The van der Waals surface area contributed by atoms with Crippen LogP contribution in [0.2, 0.25) is 0 Å². The predicted octanol–water partition coefficient (Wildman–Crippen LogP) is 2.39. The summed E-state index contributed by atoms with van der Waals surface area (Å²) in [6.07, 6.45) is 2.86. The first-order valence-corrected chi connectivity index (χ1v) is 8.26. The summed E-state index contributed by atoms with van der Waals surface area (Å²) in [6.45, 7) is 6.95. The standard InChI is InChI=1S/C18H27N3O2/c1-18(2,3)20-17(23)15-11-7-8-12-21(15)13-16(22)19-14-9-5-4-6-10-14/h4-6,9-10,15H,7-8,11-13H2,1-3H3,(H,19,22)(H,20,23). The molecule has 0 aliphatic carbocycles. The second kappa shape index (κ2) is 7.59. The molecule has 0 bridgehead atoms. The minimum absolute atomic E-state index is 0.0183. The number of rotatable bonds is 4. The number of benzene rings is 1. The van der Waals surface area contributed by atoms with Crippen LogP contribution in [0.4, 0.5) is 5.69 Å². The number of hydrogen-bond acceptors (Lipinski definition) is 3. The molecule has 2 amide bonds. The number of carbonyl (C=O) groups is 2. The topological polar surface area (TPSA) is 61.4 Å². The van der Waals surface area contributed by atoms with E-state index in [0.29, 0.717) is 0 Å². The molecule has 5 nitrogen and oxygen atoms in total. The van der Waals surface area contributed by atoms with Gasteiger partial charge in [0.15, 0.2) is 0 Å². The molecule has 1 aromatic rings. The Kier molecular flexibility index (Phi) is 5.77. The first kappa shape index (κ1) is 17.5. The molecule has 1 aliphatic heterocycles. The van der Waals surface area contributed by atoms with E-state index in [0.717, 1.165) is 31.5 Å². The van der Waals surface area contributed by atoms with Gasteiger partial charge in [-0.25, -0.2) is 0 Å². The van der Waals surface area contributed by atoms with Gasteiger partial charge in [0.25, 0.3) is 0 Å². The molecule has 126 valence electrons. The van der Waals surface area contributed by atoms with Crippen LogP contribution >= 0.6 is 0 Å². The lowest BCUT2D eigenvalue weighted by atomic mass is 9.99. The van der Waals surface area contributed by atoms with E-state index in [2.05, 4.69) is 10.6 Å². The molecule has 1 aliphatic rings. The van der Waals surface area contributed by atoms with Crippen molar-refractivity contribution in [3.63, 3.8) is 0 Å². The van der Waals surface area contributed by atoms with Gasteiger partial charge in [-0.1, -0.05) is 24.6 Å². The quantitative estimate of drug-likeness (QED) is 0.896. The molecule has 5 heteroatoms. The van der Waals surface area contributed by atoms with Crippen LogP contribution in [0.25, 0.3) is 0 Å². The predicted molar refractivity (Wildman–Crippen MR) is 92.2 cm³/mol. The Bertz CT molecular complexity index is 537. The van der Waals surface area contributed by atoms with E-state index in [1.807, 2.05) is 56.0 Å². The Balaban J connectivity index is 1.95. The molecule has 0 spiro atoms. The Morgan fingerprint density at radius 3 is 2.52 bits per heavy atom. The van der Waals surface area contributed by atoms with Crippen molar-refractivity contribution >= 4 is 17.5 Å². The number of piperidine rings is 1. The molecule has 1 saturated heterocycles. The summed E-state index contributed by atoms with van der Waals surface area (Å²) in [5.74, 6) is -0.0589. The average molecular weight is 317 g/mol. The normalized spacial score (nSPS) is 19.2. The second-order valence-corrected chi connectivity index (χ2v) is 7.14. The maximum atomic E-state index is 12.5. The molecule has 0 saturated carbocycles. The minimum Gasteiger partial charge on any atom is -0.350 e. The van der Waals surface area contributed by atoms with E-state index in [-0.39, 0.29) is 29.9 Å². The molecule has 1 fully saturated rings. The van der Waals surface area contributed by atoms with Gasteiger partial charge in [0.2, 0.25) is 11.8 Å². The number of likely N-dealkylation sites (tertiary alicyclic amines) is 1. The molecule has 1 unspecified atom stereocenters. The van der Waals surface area contributed by atoms with Crippen LogP contribution in [-0.2, 0) is 9.59 Å². The van der Waals surface area contributed by atoms with Gasteiger partial charge >= 0.3 is 0 Å². The van der Waals surface area contributed by atoms with Crippen LogP contribution in [0.5, 0.6) is 0 Å². The molecule has 23 heavy (non-hydrogen) atoms. The lowest BCUT2D eigenvalue weighted by Gasteiger charge is -2.35. The highest BCUT2D eigenvalue weighted by Gasteiger charge is 2.31. The third kappa shape index (κ3) is 5.67. The molecular formula is C18H27N3O2. The number of anilines is 1. The zero-order valence-electron chi connectivity index (χ0n) is 14.3. The summed E-state index contributed by atoms with van der Waals surface area (Å²) in [7, 11) is 0. The van der Waals surface area contributed by atoms with Crippen LogP contribution < -0.4 is 10.6 Å². The summed E-state index contributed by atoms with van der Waals surface area (Å²) in [6, 6.07) is 9.18. The zero-order chi connectivity index (χ0) is 16.9. The van der Waals surface area contributed by atoms with E-state index in [1.165, 1.54) is 0 Å². The highest BCUT2D eigenvalue weighted by atomic mass is 16.2. The number of nitrogens with zero attached hydrogens (tertiary/aromatic N) is 1. The molecule has 0 aromatic heterocycles. The van der Waals surface area contributed by atoms with Crippen LogP contribution in [0.1, 0.15) is 40.0 Å². The van der Waals surface area contributed by atoms with E-state index in [4.69, 9.17) is 0 Å². The monoisotopic (exact) mass is 317 g/mol. The maximum Gasteiger partial charge on any atom is 0.238 e. The summed E-state index contributed by atoms with van der Waals surface area (Å²) in [4.78, 5) is 26.7. The van der Waals surface area contributed by atoms with Crippen LogP contribution in [0.3, 0.4) is 0 Å². The third-order valence-corrected chi connectivity index (χ3v) is 3.82. The van der Waals surface area contributed by atoms with Gasteiger partial charge in [-0.2, -0.15) is 0 Å². The fourth-order valence-electron chi connectivity index (χ4n) is 2.84. The number of carbonyl (C=O) groups excluding carboxylic acids is 2. The maximum absolute atomic E-state index is 12.5. The van der Waals surface area contributed by atoms with E-state index < -0.39 is 0 Å². The van der Waals surface area contributed by atoms with E-state index >= 15 is 0 Å². The van der Waals surface area contributed by atoms with Gasteiger partial charge in [-0.15, -0.1) is 0 Å². The van der Waals surface area contributed by atoms with E-state index in [9.17, 15) is 9.59 Å². The zero-order valence-corrected chi connectivity index (χ0v) is 14.3. The largest absolute Gasteiger partial charge is 0.350 e. The van der Waals surface area contributed by atoms with Crippen molar-refractivity contribution in [3.05, 3.63) is 30.3 Å². The molecule has 1 heterocycles. The third-order valence-electron chi connectivity index (χ3n) is 3.82. The second-order valence-electron chi connectivity index (χ2n) is 7.14. The fourth-order valence-corrected chi connectivity index (χ4v) is 2.84. The van der Waals surface area contributed by atoms with Crippen molar-refractivity contribution in [1.82, 2.24) is 10.2 Å². The van der Waals surface area contributed by atoms with Crippen molar-refractivity contribution in [2.45, 2.75) is 51.6 Å². The lowest BCUT2D eigenvalue weighted by molar-refractivity contribution is -0.130. The highest BCUT2D eigenvalue weighted by molar-refractivity contribution is 5.93. The number of nitrogens with one attached hydrogen (secondary N) is 2. The van der Waals surface area contributed by atoms with Crippen molar-refractivity contribution in [2.24, 2.45) is 0 Å². The number of amides is 2. The first-order valence-electron chi connectivity index (χ1n) is 8.26. The molecule has 1 aromatic carbocycles. The highest BCUT2D eigenvalue weighted by Crippen LogP contribution is 2.18. The average Bonchev–Trinajstić information content (AvgIpc) is 2.47. The molecule has 1 atom stereocenters. The van der Waals surface area contributed by atoms with E-state index in [1.54, 1.807) is 0 Å². The van der Waals surface area contributed by atoms with Gasteiger partial charge in [0, 0.05) is 11.2 Å². The summed E-state index contributed by atoms with van der Waals surface area (Å²) >= 11 is 0. The summed E-state index contributed by atoms with van der Waals surface area (Å²) in [5.41, 5.74) is 0.525. The lowest BCUT2D eigenvalue weighted by Crippen LogP contribution is -2.55. The van der Waals surface area contributed by atoms with Gasteiger partial charge in [0.1, 0.15) is 0 Å². The van der Waals surface area contributed by atoms with Crippen LogP contribution in [-0.4, -0.2) is 41.4 Å². The Labute approximate surface area is 138 Å². The Morgan fingerprint density at radius 1 is 1.17 bits per heavy atom. The molecule has 0 radical (unpaired) electrons. The smallest absolute Gasteiger partial charge is 0.238 e. The van der Waals surface area contributed by atoms with Gasteiger partial charge < -0.3 is 10.6 Å². The van der Waals surface area contributed by atoms with Gasteiger partial charge in [-0.3, -0.25) is 14.5 Å². The van der Waals surface area contributed by atoms with Crippen molar-refractivity contribution in [3.8, 4) is 0 Å². The number of para-hydroxylation sites is 1. The molecule has 2 rings (SSSR count). The minimum atomic E-state index is -0.257. The van der Waals surface area contributed by atoms with Crippen molar-refractivity contribution < 1.29 is 9.59 Å². The summed E-state index contributed by atoms with van der Waals surface area (Å²) in [5, 5.41) is 5.91. The van der Waals surface area contributed by atoms with Gasteiger partial charge in [-0.05, 0) is 52.3 Å².